The standard InChI is InChI=1S/C23H24Cl4N2O2/c1-14(23(31)28-16-5-2-3-6-16)29(13-15-9-10-20(26)21(27)11-15)22(30)12-17-18(24)7-4-8-19(17)25/h4,7-11,14,16H,2-3,5-6,12-13H2,1H3,(H,28,31)/t14-/m0/s1. The normalized spacial score (nSPS) is 15.0. The molecule has 0 unspecified atom stereocenters. The minimum absolute atomic E-state index is 0.0130. The van der Waals surface area contributed by atoms with Crippen molar-refractivity contribution in [3.63, 3.8) is 0 Å². The number of carbonyl (C=O) groups excluding carboxylic acids is 2. The number of rotatable bonds is 7. The summed E-state index contributed by atoms with van der Waals surface area (Å²) < 4.78 is 0. The second-order valence-corrected chi connectivity index (χ2v) is 9.44. The van der Waals surface area contributed by atoms with Crippen molar-refractivity contribution >= 4 is 58.2 Å². The fourth-order valence-electron chi connectivity index (χ4n) is 3.76. The SMILES string of the molecule is C[C@@H](C(=O)NC1CCCC1)N(Cc1ccc(Cl)c(Cl)c1)C(=O)Cc1c(Cl)cccc1Cl. The molecule has 1 fully saturated rings. The second-order valence-electron chi connectivity index (χ2n) is 7.81. The van der Waals surface area contributed by atoms with Gasteiger partial charge in [-0.05, 0) is 55.2 Å². The lowest BCUT2D eigenvalue weighted by Gasteiger charge is -2.30. The maximum absolute atomic E-state index is 13.3. The molecule has 2 amide bonds. The number of hydrogen-bond acceptors (Lipinski definition) is 2. The van der Waals surface area contributed by atoms with Gasteiger partial charge in [-0.15, -0.1) is 0 Å². The Morgan fingerprint density at radius 2 is 1.65 bits per heavy atom. The van der Waals surface area contributed by atoms with Crippen LogP contribution in [0.5, 0.6) is 0 Å². The first-order valence-corrected chi connectivity index (χ1v) is 11.7. The van der Waals surface area contributed by atoms with Gasteiger partial charge in [-0.2, -0.15) is 0 Å². The number of halogens is 4. The van der Waals surface area contributed by atoms with Crippen LogP contribution in [-0.4, -0.2) is 28.8 Å². The van der Waals surface area contributed by atoms with Crippen molar-refractivity contribution in [2.24, 2.45) is 0 Å². The molecule has 1 atom stereocenters. The predicted octanol–water partition coefficient (Wildman–Crippen LogP) is 6.32. The summed E-state index contributed by atoms with van der Waals surface area (Å²) in [6, 6.07) is 9.76. The van der Waals surface area contributed by atoms with E-state index in [1.165, 1.54) is 4.90 Å². The molecule has 2 aromatic carbocycles. The Balaban J connectivity index is 1.83. The van der Waals surface area contributed by atoms with Crippen molar-refractivity contribution in [2.45, 2.75) is 57.7 Å². The van der Waals surface area contributed by atoms with E-state index >= 15 is 0 Å². The fourth-order valence-corrected chi connectivity index (χ4v) is 4.62. The van der Waals surface area contributed by atoms with Crippen molar-refractivity contribution in [1.29, 1.82) is 0 Å². The van der Waals surface area contributed by atoms with Gasteiger partial charge in [0, 0.05) is 22.6 Å². The monoisotopic (exact) mass is 500 g/mol. The molecule has 0 bridgehead atoms. The molecule has 0 aliphatic heterocycles. The van der Waals surface area contributed by atoms with Gasteiger partial charge in [0.25, 0.3) is 0 Å². The van der Waals surface area contributed by atoms with Gasteiger partial charge >= 0.3 is 0 Å². The lowest BCUT2D eigenvalue weighted by Crippen LogP contribution is -2.50. The van der Waals surface area contributed by atoms with Crippen LogP contribution in [0.1, 0.15) is 43.7 Å². The van der Waals surface area contributed by atoms with Crippen LogP contribution in [0, 0.1) is 0 Å². The first-order chi connectivity index (χ1) is 14.8. The number of nitrogens with one attached hydrogen (secondary N) is 1. The van der Waals surface area contributed by atoms with Crippen molar-refractivity contribution in [1.82, 2.24) is 10.2 Å². The van der Waals surface area contributed by atoms with E-state index in [1.54, 1.807) is 43.3 Å². The third kappa shape index (κ3) is 6.29. The van der Waals surface area contributed by atoms with E-state index in [9.17, 15) is 9.59 Å². The van der Waals surface area contributed by atoms with Gasteiger partial charge in [0.05, 0.1) is 16.5 Å². The van der Waals surface area contributed by atoms with Gasteiger partial charge in [0.1, 0.15) is 6.04 Å². The molecule has 0 spiro atoms. The van der Waals surface area contributed by atoms with E-state index in [0.29, 0.717) is 25.7 Å². The maximum Gasteiger partial charge on any atom is 0.242 e. The van der Waals surface area contributed by atoms with E-state index in [4.69, 9.17) is 46.4 Å². The smallest absolute Gasteiger partial charge is 0.242 e. The van der Waals surface area contributed by atoms with Crippen LogP contribution in [-0.2, 0) is 22.6 Å². The minimum atomic E-state index is -0.677. The molecule has 0 heterocycles. The molecule has 0 radical (unpaired) electrons. The van der Waals surface area contributed by atoms with Gasteiger partial charge in [-0.25, -0.2) is 0 Å². The number of carbonyl (C=O) groups is 2. The molecular formula is C23H24Cl4N2O2. The Hall–Kier alpha value is -1.46. The highest BCUT2D eigenvalue weighted by atomic mass is 35.5. The van der Waals surface area contributed by atoms with Crippen LogP contribution in [0.15, 0.2) is 36.4 Å². The largest absolute Gasteiger partial charge is 0.352 e. The van der Waals surface area contributed by atoms with Gasteiger partial charge in [-0.3, -0.25) is 9.59 Å². The Labute approximate surface area is 202 Å². The average Bonchev–Trinajstić information content (AvgIpc) is 3.24. The minimum Gasteiger partial charge on any atom is -0.352 e. The molecule has 0 aromatic heterocycles. The molecule has 4 nitrogen and oxygen atoms in total. The summed E-state index contributed by atoms with van der Waals surface area (Å²) >= 11 is 24.7. The highest BCUT2D eigenvalue weighted by Gasteiger charge is 2.29. The average molecular weight is 502 g/mol. The van der Waals surface area contributed by atoms with Crippen LogP contribution < -0.4 is 5.32 Å². The van der Waals surface area contributed by atoms with E-state index < -0.39 is 6.04 Å². The van der Waals surface area contributed by atoms with Gasteiger partial charge in [0.15, 0.2) is 0 Å². The van der Waals surface area contributed by atoms with Gasteiger partial charge in [-0.1, -0.05) is 71.4 Å². The second kappa shape index (κ2) is 10.9. The maximum atomic E-state index is 13.3. The summed E-state index contributed by atoms with van der Waals surface area (Å²) in [7, 11) is 0. The Kier molecular flexibility index (Phi) is 8.51. The molecule has 1 saturated carbocycles. The van der Waals surface area contributed by atoms with Gasteiger partial charge < -0.3 is 10.2 Å². The van der Waals surface area contributed by atoms with E-state index in [-0.39, 0.29) is 30.8 Å². The Morgan fingerprint density at radius 3 is 2.26 bits per heavy atom. The molecular weight excluding hydrogens is 478 g/mol. The quantitative estimate of drug-likeness (QED) is 0.482. The predicted molar refractivity (Wildman–Crippen MR) is 127 cm³/mol. The fraction of sp³-hybridized carbons (Fsp3) is 0.391. The molecule has 1 N–H and O–H groups in total. The first-order valence-electron chi connectivity index (χ1n) is 10.2. The zero-order chi connectivity index (χ0) is 22.5. The topological polar surface area (TPSA) is 49.4 Å². The molecule has 1 aliphatic carbocycles. The molecule has 3 rings (SSSR count). The van der Waals surface area contributed by atoms with Crippen molar-refractivity contribution < 1.29 is 9.59 Å². The molecule has 0 saturated heterocycles. The van der Waals surface area contributed by atoms with Crippen molar-refractivity contribution in [3.8, 4) is 0 Å². The van der Waals surface area contributed by atoms with E-state index in [1.807, 2.05) is 0 Å². The summed E-state index contributed by atoms with van der Waals surface area (Å²) in [5, 5.41) is 4.73. The Bertz CT molecular complexity index is 940. The van der Waals surface area contributed by atoms with E-state index in [2.05, 4.69) is 5.32 Å². The summed E-state index contributed by atoms with van der Waals surface area (Å²) in [5.74, 6) is -0.430. The number of benzene rings is 2. The third-order valence-corrected chi connectivity index (χ3v) is 7.04. The lowest BCUT2D eigenvalue weighted by molar-refractivity contribution is -0.140. The molecule has 8 heteroatoms. The summed E-state index contributed by atoms with van der Waals surface area (Å²) in [5.41, 5.74) is 1.31. The van der Waals surface area contributed by atoms with Crippen LogP contribution in [0.4, 0.5) is 0 Å². The number of nitrogens with zero attached hydrogens (tertiary/aromatic N) is 1. The molecule has 31 heavy (non-hydrogen) atoms. The highest BCUT2D eigenvalue weighted by molar-refractivity contribution is 6.42. The lowest BCUT2D eigenvalue weighted by atomic mass is 10.1. The highest BCUT2D eigenvalue weighted by Crippen LogP contribution is 2.27. The molecule has 1 aliphatic rings. The van der Waals surface area contributed by atoms with E-state index in [0.717, 1.165) is 31.2 Å². The number of amides is 2. The Morgan fingerprint density at radius 1 is 1.00 bits per heavy atom. The van der Waals surface area contributed by atoms with Crippen LogP contribution >= 0.6 is 46.4 Å². The van der Waals surface area contributed by atoms with Crippen LogP contribution in [0.25, 0.3) is 0 Å². The van der Waals surface area contributed by atoms with Crippen molar-refractivity contribution in [3.05, 3.63) is 67.6 Å². The summed E-state index contributed by atoms with van der Waals surface area (Å²) in [6.45, 7) is 1.94. The van der Waals surface area contributed by atoms with Crippen LogP contribution in [0.3, 0.4) is 0 Å². The molecule has 2 aromatic rings. The van der Waals surface area contributed by atoms with Crippen LogP contribution in [0.2, 0.25) is 20.1 Å². The first kappa shape index (κ1) is 24.2. The number of hydrogen-bond donors (Lipinski definition) is 1. The summed E-state index contributed by atoms with van der Waals surface area (Å²) in [4.78, 5) is 27.8. The zero-order valence-electron chi connectivity index (χ0n) is 17.1. The third-order valence-electron chi connectivity index (χ3n) is 5.60. The van der Waals surface area contributed by atoms with Crippen molar-refractivity contribution in [2.75, 3.05) is 0 Å². The van der Waals surface area contributed by atoms with Gasteiger partial charge in [0.2, 0.25) is 11.8 Å². The summed E-state index contributed by atoms with van der Waals surface area (Å²) in [6.07, 6.45) is 4.14. The zero-order valence-corrected chi connectivity index (χ0v) is 20.2. The molecule has 166 valence electrons.